The van der Waals surface area contributed by atoms with Crippen molar-refractivity contribution in [3.63, 3.8) is 0 Å². The molecule has 1 aliphatic heterocycles. The molecule has 7 nitrogen and oxygen atoms in total. The van der Waals surface area contributed by atoms with Crippen molar-refractivity contribution in [3.8, 4) is 11.5 Å². The number of hydrogen-bond donors (Lipinski definition) is 2. The number of halogens is 2. The van der Waals surface area contributed by atoms with E-state index in [0.29, 0.717) is 38.2 Å². The molecular formula is C24H17Cl2N3O4. The predicted molar refractivity (Wildman–Crippen MR) is 127 cm³/mol. The molecule has 0 spiro atoms. The zero-order valence-corrected chi connectivity index (χ0v) is 18.6. The Hall–Kier alpha value is -3.81. The third kappa shape index (κ3) is 5.52. The maximum Gasteiger partial charge on any atom is 0.287 e. The molecule has 0 aromatic heterocycles. The second kappa shape index (κ2) is 10.2. The molecule has 0 unspecified atom stereocenters. The lowest BCUT2D eigenvalue weighted by molar-refractivity contribution is -0.117. The smallest absolute Gasteiger partial charge is 0.287 e. The van der Waals surface area contributed by atoms with Gasteiger partial charge in [0.1, 0.15) is 5.70 Å². The van der Waals surface area contributed by atoms with Crippen LogP contribution in [0.2, 0.25) is 10.0 Å². The van der Waals surface area contributed by atoms with Crippen LogP contribution in [-0.4, -0.2) is 24.8 Å². The first kappa shape index (κ1) is 22.4. The van der Waals surface area contributed by atoms with Crippen LogP contribution in [-0.2, 0) is 4.79 Å². The Morgan fingerprint density at radius 1 is 0.939 bits per heavy atom. The molecule has 1 aliphatic rings. The van der Waals surface area contributed by atoms with E-state index in [1.807, 2.05) is 0 Å². The summed E-state index contributed by atoms with van der Waals surface area (Å²) >= 11 is 12.1. The first-order chi connectivity index (χ1) is 16.0. The number of carbonyl (C=O) groups excluding carboxylic acids is 2. The number of hydrazone groups is 1. The molecule has 0 saturated heterocycles. The van der Waals surface area contributed by atoms with E-state index in [4.69, 9.17) is 32.7 Å². The van der Waals surface area contributed by atoms with Crippen LogP contribution in [0.15, 0.2) is 77.5 Å². The molecule has 33 heavy (non-hydrogen) atoms. The van der Waals surface area contributed by atoms with Crippen LogP contribution in [0, 0.1) is 0 Å². The minimum Gasteiger partial charge on any atom is -0.454 e. The fourth-order valence-corrected chi connectivity index (χ4v) is 3.31. The molecule has 3 aromatic rings. The van der Waals surface area contributed by atoms with Crippen LogP contribution < -0.4 is 20.2 Å². The van der Waals surface area contributed by atoms with Gasteiger partial charge < -0.3 is 14.8 Å². The Labute approximate surface area is 199 Å². The number of ether oxygens (including phenoxy) is 2. The number of hydrogen-bond acceptors (Lipinski definition) is 5. The number of benzene rings is 3. The van der Waals surface area contributed by atoms with Gasteiger partial charge in [-0.05, 0) is 42.0 Å². The minimum atomic E-state index is -0.633. The van der Waals surface area contributed by atoms with Crippen molar-refractivity contribution >= 4 is 47.3 Å². The number of amides is 2. The van der Waals surface area contributed by atoms with Crippen LogP contribution in [0.25, 0.3) is 6.08 Å². The fourth-order valence-electron chi connectivity index (χ4n) is 2.95. The van der Waals surface area contributed by atoms with E-state index in [-0.39, 0.29) is 12.5 Å². The first-order valence-corrected chi connectivity index (χ1v) is 10.5. The molecule has 4 rings (SSSR count). The lowest BCUT2D eigenvalue weighted by atomic mass is 10.1. The topological polar surface area (TPSA) is 89.0 Å². The summed E-state index contributed by atoms with van der Waals surface area (Å²) in [4.78, 5) is 25.5. The number of rotatable bonds is 6. The summed E-state index contributed by atoms with van der Waals surface area (Å²) in [6, 6.07) is 18.8. The average molecular weight is 482 g/mol. The van der Waals surface area contributed by atoms with Gasteiger partial charge in [-0.15, -0.1) is 0 Å². The molecule has 9 heteroatoms. The summed E-state index contributed by atoms with van der Waals surface area (Å²) in [5.41, 5.74) is 3.93. The molecule has 0 radical (unpaired) electrons. The number of nitrogens with one attached hydrogen (secondary N) is 2. The normalized spacial score (nSPS) is 12.6. The van der Waals surface area contributed by atoms with Gasteiger partial charge in [-0.3, -0.25) is 9.59 Å². The monoisotopic (exact) mass is 481 g/mol. The Morgan fingerprint density at radius 3 is 2.55 bits per heavy atom. The van der Waals surface area contributed by atoms with Crippen molar-refractivity contribution < 1.29 is 19.1 Å². The molecule has 2 N–H and O–H groups in total. The maximum atomic E-state index is 12.9. The van der Waals surface area contributed by atoms with Gasteiger partial charge in [-0.2, -0.15) is 5.10 Å². The van der Waals surface area contributed by atoms with E-state index in [0.717, 1.165) is 0 Å². The van der Waals surface area contributed by atoms with E-state index in [1.54, 1.807) is 66.7 Å². The Balaban J connectivity index is 1.57. The average Bonchev–Trinajstić information content (AvgIpc) is 3.30. The Morgan fingerprint density at radius 2 is 1.73 bits per heavy atom. The van der Waals surface area contributed by atoms with Crippen LogP contribution in [0.3, 0.4) is 0 Å². The van der Waals surface area contributed by atoms with Gasteiger partial charge in [-0.25, -0.2) is 5.43 Å². The maximum absolute atomic E-state index is 12.9. The van der Waals surface area contributed by atoms with Crippen molar-refractivity contribution in [2.45, 2.75) is 0 Å². The molecule has 0 aliphatic carbocycles. The molecule has 0 saturated carbocycles. The lowest BCUT2D eigenvalue weighted by Gasteiger charge is -2.09. The molecular weight excluding hydrogens is 465 g/mol. The summed E-state index contributed by atoms with van der Waals surface area (Å²) in [6.07, 6.45) is 2.88. The van der Waals surface area contributed by atoms with Crippen molar-refractivity contribution in [2.75, 3.05) is 6.79 Å². The predicted octanol–water partition coefficient (Wildman–Crippen LogP) is 4.64. The molecule has 166 valence electrons. The van der Waals surface area contributed by atoms with E-state index in [1.165, 1.54) is 12.3 Å². The van der Waals surface area contributed by atoms with Crippen molar-refractivity contribution in [1.29, 1.82) is 0 Å². The van der Waals surface area contributed by atoms with Gasteiger partial charge in [0, 0.05) is 11.1 Å². The fraction of sp³-hybridized carbons (Fsp3) is 0.0417. The van der Waals surface area contributed by atoms with Gasteiger partial charge in [0.15, 0.2) is 11.5 Å². The second-order valence-corrected chi connectivity index (χ2v) is 7.62. The first-order valence-electron chi connectivity index (χ1n) is 9.76. The third-order valence-electron chi connectivity index (χ3n) is 4.59. The third-order valence-corrected chi connectivity index (χ3v) is 5.42. The van der Waals surface area contributed by atoms with Gasteiger partial charge in [0.25, 0.3) is 11.8 Å². The largest absolute Gasteiger partial charge is 0.454 e. The van der Waals surface area contributed by atoms with Crippen molar-refractivity contribution in [3.05, 3.63) is 99.2 Å². The molecule has 0 fully saturated rings. The minimum absolute atomic E-state index is 0.0166. The van der Waals surface area contributed by atoms with E-state index in [2.05, 4.69) is 15.8 Å². The summed E-state index contributed by atoms with van der Waals surface area (Å²) in [7, 11) is 0. The summed E-state index contributed by atoms with van der Waals surface area (Å²) < 4.78 is 10.7. The zero-order chi connectivity index (χ0) is 23.2. The highest BCUT2D eigenvalue weighted by Crippen LogP contribution is 2.33. The van der Waals surface area contributed by atoms with Crippen LogP contribution in [0.1, 0.15) is 21.5 Å². The van der Waals surface area contributed by atoms with E-state index in [9.17, 15) is 9.59 Å². The summed E-state index contributed by atoms with van der Waals surface area (Å²) in [5.74, 6) is 0.0759. The Kier molecular flexibility index (Phi) is 6.92. The standard InChI is InChI=1S/C24H17Cl2N3O4/c25-18-8-4-7-17(22(18)26)13-27-29-24(31)19(28-23(30)16-5-2-1-3-6-16)11-15-9-10-20-21(12-15)33-14-32-20/h1-13H,14H2,(H,28,30)(H,29,31)/b19-11+,27-13-. The summed E-state index contributed by atoms with van der Waals surface area (Å²) in [6.45, 7) is 0.126. The highest BCUT2D eigenvalue weighted by Gasteiger charge is 2.17. The highest BCUT2D eigenvalue weighted by molar-refractivity contribution is 6.43. The van der Waals surface area contributed by atoms with Crippen molar-refractivity contribution in [1.82, 2.24) is 10.7 Å². The van der Waals surface area contributed by atoms with E-state index < -0.39 is 11.8 Å². The highest BCUT2D eigenvalue weighted by atomic mass is 35.5. The molecule has 1 heterocycles. The molecule has 0 bridgehead atoms. The summed E-state index contributed by atoms with van der Waals surface area (Å²) in [5, 5.41) is 7.25. The quantitative estimate of drug-likeness (QED) is 0.304. The van der Waals surface area contributed by atoms with Gasteiger partial charge in [0.2, 0.25) is 6.79 Å². The zero-order valence-electron chi connectivity index (χ0n) is 17.0. The number of carbonyl (C=O) groups is 2. The van der Waals surface area contributed by atoms with Gasteiger partial charge >= 0.3 is 0 Å². The lowest BCUT2D eigenvalue weighted by Crippen LogP contribution is -2.32. The molecule has 0 atom stereocenters. The van der Waals surface area contributed by atoms with Crippen molar-refractivity contribution in [2.24, 2.45) is 5.10 Å². The van der Waals surface area contributed by atoms with Crippen LogP contribution >= 0.6 is 23.2 Å². The van der Waals surface area contributed by atoms with E-state index >= 15 is 0 Å². The molecule has 3 aromatic carbocycles. The SMILES string of the molecule is O=C(N/N=C\c1cccc(Cl)c1Cl)/C(=C\c1ccc2c(c1)OCO2)NC(=O)c1ccccc1. The molecule has 2 amide bonds. The second-order valence-electron chi connectivity index (χ2n) is 6.83. The van der Waals surface area contributed by atoms with Gasteiger partial charge in [-0.1, -0.05) is 59.6 Å². The number of nitrogens with zero attached hydrogens (tertiary/aromatic N) is 1. The van der Waals surface area contributed by atoms with Crippen LogP contribution in [0.4, 0.5) is 0 Å². The number of fused-ring (bicyclic) bond motifs is 1. The van der Waals surface area contributed by atoms with Crippen LogP contribution in [0.5, 0.6) is 11.5 Å². The Bertz CT molecular complexity index is 1260. The van der Waals surface area contributed by atoms with Gasteiger partial charge in [0.05, 0.1) is 16.3 Å².